The smallest absolute Gasteiger partial charge is 0.269 e. The maximum absolute atomic E-state index is 12.3. The van der Waals surface area contributed by atoms with Crippen molar-refractivity contribution >= 4 is 17.3 Å². The van der Waals surface area contributed by atoms with Gasteiger partial charge in [0.15, 0.2) is 0 Å². The van der Waals surface area contributed by atoms with Crippen LogP contribution >= 0.6 is 0 Å². The van der Waals surface area contributed by atoms with E-state index in [0.29, 0.717) is 6.42 Å². The number of anilines is 1. The van der Waals surface area contributed by atoms with Gasteiger partial charge in [0.1, 0.15) is 0 Å². The number of para-hydroxylation sites is 1. The Morgan fingerprint density at radius 2 is 1.88 bits per heavy atom. The number of nitro benzene ring substituents is 1. The minimum atomic E-state index is -0.390. The number of nitrogens with zero attached hydrogens (tertiary/aromatic N) is 2. The molecule has 2 aliphatic rings. The monoisotopic (exact) mass is 337 g/mol. The third-order valence-electron chi connectivity index (χ3n) is 5.10. The zero-order chi connectivity index (χ0) is 17.4. The van der Waals surface area contributed by atoms with Crippen molar-refractivity contribution in [3.05, 3.63) is 69.8 Å². The summed E-state index contributed by atoms with van der Waals surface area (Å²) >= 11 is 0. The van der Waals surface area contributed by atoms with E-state index in [-0.39, 0.29) is 28.6 Å². The van der Waals surface area contributed by atoms with E-state index in [4.69, 9.17) is 0 Å². The molecule has 1 saturated heterocycles. The highest BCUT2D eigenvalue weighted by molar-refractivity contribution is 5.79. The number of benzene rings is 2. The van der Waals surface area contributed by atoms with Crippen molar-refractivity contribution < 1.29 is 9.72 Å². The Kier molecular flexibility index (Phi) is 3.87. The lowest BCUT2D eigenvalue weighted by atomic mass is 9.88. The first-order valence-corrected chi connectivity index (χ1v) is 8.53. The van der Waals surface area contributed by atoms with Crippen molar-refractivity contribution in [3.63, 3.8) is 0 Å². The van der Waals surface area contributed by atoms with Crippen LogP contribution in [0.3, 0.4) is 0 Å². The maximum Gasteiger partial charge on any atom is 0.269 e. The Hall–Kier alpha value is -2.89. The average molecular weight is 337 g/mol. The Morgan fingerprint density at radius 1 is 1.12 bits per heavy atom. The van der Waals surface area contributed by atoms with Crippen molar-refractivity contribution in [3.8, 4) is 0 Å². The molecule has 0 bridgehead atoms. The third-order valence-corrected chi connectivity index (χ3v) is 5.10. The summed E-state index contributed by atoms with van der Waals surface area (Å²) in [7, 11) is 0. The van der Waals surface area contributed by atoms with Gasteiger partial charge in [0.2, 0.25) is 5.91 Å². The molecule has 2 aliphatic heterocycles. The van der Waals surface area contributed by atoms with Crippen LogP contribution in [0.15, 0.2) is 48.5 Å². The van der Waals surface area contributed by atoms with Crippen LogP contribution < -0.4 is 5.32 Å². The largest absolute Gasteiger partial charge is 0.378 e. The Balaban J connectivity index is 1.67. The Labute approximate surface area is 145 Å². The topological polar surface area (TPSA) is 75.5 Å². The fraction of sp³-hybridized carbons (Fsp3) is 0.316. The minimum absolute atomic E-state index is 0.0223. The summed E-state index contributed by atoms with van der Waals surface area (Å²) in [6, 6.07) is 14.8. The number of fused-ring (bicyclic) bond motifs is 1. The average Bonchev–Trinajstić information content (AvgIpc) is 3.06. The molecule has 0 radical (unpaired) electrons. The lowest BCUT2D eigenvalue weighted by Gasteiger charge is -2.38. The van der Waals surface area contributed by atoms with Crippen LogP contribution in [0.1, 0.15) is 42.5 Å². The molecule has 0 aromatic heterocycles. The van der Waals surface area contributed by atoms with Gasteiger partial charge >= 0.3 is 0 Å². The summed E-state index contributed by atoms with van der Waals surface area (Å²) in [6.07, 6.45) is 2.29. The van der Waals surface area contributed by atoms with Gasteiger partial charge in [-0.15, -0.1) is 0 Å². The highest BCUT2D eigenvalue weighted by atomic mass is 16.6. The van der Waals surface area contributed by atoms with Crippen LogP contribution in [0.4, 0.5) is 11.4 Å². The van der Waals surface area contributed by atoms with Gasteiger partial charge in [-0.2, -0.15) is 0 Å². The van der Waals surface area contributed by atoms with Crippen LogP contribution in [-0.4, -0.2) is 22.3 Å². The first kappa shape index (κ1) is 15.6. The van der Waals surface area contributed by atoms with Gasteiger partial charge in [0.05, 0.1) is 17.0 Å². The molecule has 6 nitrogen and oxygen atoms in total. The van der Waals surface area contributed by atoms with E-state index in [2.05, 4.69) is 11.4 Å². The number of nitro groups is 1. The van der Waals surface area contributed by atoms with Crippen molar-refractivity contribution in [2.75, 3.05) is 11.9 Å². The third kappa shape index (κ3) is 2.84. The minimum Gasteiger partial charge on any atom is -0.378 e. The maximum atomic E-state index is 12.3. The number of nitrogens with one attached hydrogen (secondary N) is 1. The predicted octanol–water partition coefficient (Wildman–Crippen LogP) is 3.82. The number of likely N-dealkylation sites (tertiary alicyclic amines) is 1. The van der Waals surface area contributed by atoms with Crippen LogP contribution in [0, 0.1) is 10.1 Å². The molecule has 2 heterocycles. The van der Waals surface area contributed by atoms with E-state index < -0.39 is 0 Å². The van der Waals surface area contributed by atoms with Crippen LogP contribution in [0.5, 0.6) is 0 Å². The number of rotatable bonds is 3. The SMILES string of the molecule is O=C1CCCN1[C@H]1C[C@@H](c2ccc([N+](=O)[O-])cc2)Nc2ccccc21. The summed E-state index contributed by atoms with van der Waals surface area (Å²) in [5.74, 6) is 0.212. The molecule has 1 fully saturated rings. The van der Waals surface area contributed by atoms with Gasteiger partial charge in [0, 0.05) is 30.8 Å². The van der Waals surface area contributed by atoms with Gasteiger partial charge in [-0.25, -0.2) is 0 Å². The number of carbonyl (C=O) groups excluding carboxylic acids is 1. The summed E-state index contributed by atoms with van der Waals surface area (Å²) in [4.78, 5) is 24.7. The Bertz CT molecular complexity index is 819. The highest BCUT2D eigenvalue weighted by Crippen LogP contribution is 2.43. The quantitative estimate of drug-likeness (QED) is 0.682. The molecule has 4 rings (SSSR count). The number of hydrogen-bond acceptors (Lipinski definition) is 4. The summed E-state index contributed by atoms with van der Waals surface area (Å²) in [5.41, 5.74) is 3.26. The first-order valence-electron chi connectivity index (χ1n) is 8.53. The zero-order valence-electron chi connectivity index (χ0n) is 13.7. The van der Waals surface area contributed by atoms with Crippen LogP contribution in [-0.2, 0) is 4.79 Å². The first-order chi connectivity index (χ1) is 12.1. The molecule has 0 unspecified atom stereocenters. The molecule has 1 N–H and O–H groups in total. The van der Waals surface area contributed by atoms with Gasteiger partial charge in [-0.1, -0.05) is 30.3 Å². The summed E-state index contributed by atoms with van der Waals surface area (Å²) < 4.78 is 0. The number of amides is 1. The second kappa shape index (κ2) is 6.20. The molecule has 2 aromatic carbocycles. The molecule has 1 amide bonds. The molecule has 128 valence electrons. The summed E-state index contributed by atoms with van der Waals surface area (Å²) in [5, 5.41) is 14.4. The van der Waals surface area contributed by atoms with E-state index in [0.717, 1.165) is 36.2 Å². The van der Waals surface area contributed by atoms with Gasteiger partial charge in [0.25, 0.3) is 5.69 Å². The molecule has 0 saturated carbocycles. The summed E-state index contributed by atoms with van der Waals surface area (Å²) in [6.45, 7) is 0.796. The fourth-order valence-corrected chi connectivity index (χ4v) is 3.86. The molecular weight excluding hydrogens is 318 g/mol. The van der Waals surface area contributed by atoms with Crippen LogP contribution in [0.25, 0.3) is 0 Å². The van der Waals surface area contributed by atoms with Gasteiger partial charge in [-0.3, -0.25) is 14.9 Å². The van der Waals surface area contributed by atoms with Crippen molar-refractivity contribution in [2.24, 2.45) is 0 Å². The normalized spacial score (nSPS) is 22.4. The van der Waals surface area contributed by atoms with Crippen molar-refractivity contribution in [1.82, 2.24) is 4.90 Å². The van der Waals surface area contributed by atoms with Crippen molar-refractivity contribution in [2.45, 2.75) is 31.3 Å². The lowest BCUT2D eigenvalue weighted by Crippen LogP contribution is -2.35. The van der Waals surface area contributed by atoms with E-state index >= 15 is 0 Å². The zero-order valence-corrected chi connectivity index (χ0v) is 13.7. The van der Waals surface area contributed by atoms with Crippen LogP contribution in [0.2, 0.25) is 0 Å². The molecule has 25 heavy (non-hydrogen) atoms. The molecule has 0 spiro atoms. The standard InChI is InChI=1S/C19H19N3O3/c23-19-6-3-11-21(19)18-12-17(20-16-5-2-1-4-15(16)18)13-7-9-14(10-8-13)22(24)25/h1-2,4-5,7-10,17-18,20H,3,6,11-12H2/t17-,18-/m0/s1. The second-order valence-corrected chi connectivity index (χ2v) is 6.58. The van der Waals surface area contributed by atoms with E-state index in [1.54, 1.807) is 12.1 Å². The molecule has 2 atom stereocenters. The van der Waals surface area contributed by atoms with Gasteiger partial charge < -0.3 is 10.2 Å². The van der Waals surface area contributed by atoms with E-state index in [9.17, 15) is 14.9 Å². The fourth-order valence-electron chi connectivity index (χ4n) is 3.86. The lowest BCUT2D eigenvalue weighted by molar-refractivity contribution is -0.384. The van der Waals surface area contributed by atoms with E-state index in [1.807, 2.05) is 23.1 Å². The van der Waals surface area contributed by atoms with Crippen molar-refractivity contribution in [1.29, 1.82) is 0 Å². The molecule has 0 aliphatic carbocycles. The van der Waals surface area contributed by atoms with Gasteiger partial charge in [-0.05, 0) is 30.0 Å². The second-order valence-electron chi connectivity index (χ2n) is 6.58. The predicted molar refractivity (Wildman–Crippen MR) is 94.2 cm³/mol. The molecular formula is C19H19N3O3. The number of non-ortho nitro benzene ring substituents is 1. The number of hydrogen-bond donors (Lipinski definition) is 1. The molecule has 6 heteroatoms. The highest BCUT2D eigenvalue weighted by Gasteiger charge is 2.35. The number of carbonyl (C=O) groups is 1. The Morgan fingerprint density at radius 3 is 2.56 bits per heavy atom. The molecule has 2 aromatic rings. The van der Waals surface area contributed by atoms with E-state index in [1.165, 1.54) is 12.1 Å².